The molecule has 0 spiro atoms. The van der Waals surface area contributed by atoms with E-state index in [0.29, 0.717) is 5.56 Å². The van der Waals surface area contributed by atoms with Crippen molar-refractivity contribution in [2.24, 2.45) is 0 Å². The maximum atomic E-state index is 11.5. The Morgan fingerprint density at radius 1 is 1.16 bits per heavy atom. The molecular weight excluding hydrogens is 338 g/mol. The van der Waals surface area contributed by atoms with Crippen LogP contribution in [0.2, 0.25) is 0 Å². The molecule has 0 radical (unpaired) electrons. The van der Waals surface area contributed by atoms with E-state index in [0.717, 1.165) is 22.3 Å². The molecule has 7 nitrogen and oxygen atoms in total. The largest absolute Gasteiger partial charge is 0.288 e. The highest BCUT2D eigenvalue weighted by molar-refractivity contribution is 7.13. The van der Waals surface area contributed by atoms with Crippen molar-refractivity contribution >= 4 is 39.5 Å². The van der Waals surface area contributed by atoms with Crippen molar-refractivity contribution in [3.63, 3.8) is 0 Å². The maximum Gasteiger partial charge on any atom is 0.274 e. The fourth-order valence-corrected chi connectivity index (χ4v) is 3.25. The zero-order valence-corrected chi connectivity index (χ0v) is 13.7. The number of carbonyl (C=O) groups is 1. The first kappa shape index (κ1) is 15.3. The molecule has 0 fully saturated rings. The second-order valence-corrected chi connectivity index (χ2v) is 6.06. The lowest BCUT2D eigenvalue weighted by molar-refractivity contribution is 0.0706. The van der Waals surface area contributed by atoms with Gasteiger partial charge in [-0.2, -0.15) is 0 Å². The number of amides is 1. The van der Waals surface area contributed by atoms with Gasteiger partial charge in [-0.3, -0.25) is 19.3 Å². The van der Waals surface area contributed by atoms with Gasteiger partial charge >= 0.3 is 0 Å². The summed E-state index contributed by atoms with van der Waals surface area (Å²) < 4.78 is 1.97. The molecule has 25 heavy (non-hydrogen) atoms. The van der Waals surface area contributed by atoms with Crippen LogP contribution in [0.25, 0.3) is 5.65 Å². The lowest BCUT2D eigenvalue weighted by atomic mass is 10.2. The van der Waals surface area contributed by atoms with Crippen LogP contribution in [0.4, 0.5) is 16.6 Å². The first-order valence-electron chi connectivity index (χ1n) is 7.44. The van der Waals surface area contributed by atoms with Crippen LogP contribution in [0.1, 0.15) is 10.4 Å². The Labute approximate surface area is 146 Å². The van der Waals surface area contributed by atoms with E-state index in [1.165, 1.54) is 11.3 Å². The Morgan fingerprint density at radius 2 is 2.00 bits per heavy atom. The van der Waals surface area contributed by atoms with Crippen molar-refractivity contribution in [2.45, 2.75) is 0 Å². The van der Waals surface area contributed by atoms with Gasteiger partial charge in [-0.1, -0.05) is 6.07 Å². The van der Waals surface area contributed by atoms with Gasteiger partial charge in [0.2, 0.25) is 0 Å². The molecule has 4 aromatic rings. The van der Waals surface area contributed by atoms with Gasteiger partial charge in [-0.25, -0.2) is 15.4 Å². The SMILES string of the molecule is O=C(NO)c1ccc(N(c2nccs2)c2cnc3ccccn23)cc1. The Hall–Kier alpha value is -3.23. The number of anilines is 3. The number of nitrogens with one attached hydrogen (secondary N) is 1. The number of benzene rings is 1. The van der Waals surface area contributed by atoms with Crippen LogP contribution in [-0.2, 0) is 0 Å². The number of hydrogen-bond acceptors (Lipinski definition) is 6. The number of rotatable bonds is 4. The summed E-state index contributed by atoms with van der Waals surface area (Å²) >= 11 is 1.50. The fraction of sp³-hybridized carbons (Fsp3) is 0. The van der Waals surface area contributed by atoms with Crippen molar-refractivity contribution in [1.29, 1.82) is 0 Å². The van der Waals surface area contributed by atoms with Gasteiger partial charge in [0.05, 0.1) is 6.20 Å². The third-order valence-electron chi connectivity index (χ3n) is 3.73. The molecule has 0 aliphatic carbocycles. The molecule has 1 amide bonds. The molecule has 0 unspecified atom stereocenters. The lowest BCUT2D eigenvalue weighted by Crippen LogP contribution is -2.18. The van der Waals surface area contributed by atoms with Gasteiger partial charge in [0, 0.05) is 29.0 Å². The van der Waals surface area contributed by atoms with Crippen molar-refractivity contribution in [3.05, 3.63) is 72.0 Å². The summed E-state index contributed by atoms with van der Waals surface area (Å²) in [5, 5.41) is 11.4. The Balaban J connectivity index is 1.84. The van der Waals surface area contributed by atoms with Crippen LogP contribution in [0.3, 0.4) is 0 Å². The maximum absolute atomic E-state index is 11.5. The van der Waals surface area contributed by atoms with Gasteiger partial charge in [0.1, 0.15) is 11.5 Å². The van der Waals surface area contributed by atoms with E-state index in [1.54, 1.807) is 42.1 Å². The number of hydroxylamine groups is 1. The molecule has 0 saturated heterocycles. The number of aromatic nitrogens is 3. The molecule has 2 N–H and O–H groups in total. The van der Waals surface area contributed by atoms with E-state index in [2.05, 4.69) is 9.97 Å². The summed E-state index contributed by atoms with van der Waals surface area (Å²) in [4.78, 5) is 22.3. The second kappa shape index (κ2) is 6.34. The molecule has 124 valence electrons. The molecule has 0 atom stereocenters. The third-order valence-corrected chi connectivity index (χ3v) is 4.48. The van der Waals surface area contributed by atoms with Crippen LogP contribution in [0, 0.1) is 0 Å². The van der Waals surface area contributed by atoms with E-state index in [4.69, 9.17) is 5.21 Å². The minimum Gasteiger partial charge on any atom is -0.288 e. The number of pyridine rings is 1. The van der Waals surface area contributed by atoms with E-state index < -0.39 is 5.91 Å². The molecule has 1 aromatic carbocycles. The minimum atomic E-state index is -0.554. The van der Waals surface area contributed by atoms with E-state index in [9.17, 15) is 4.79 Å². The molecule has 3 heterocycles. The molecule has 0 aliphatic rings. The Kier molecular flexibility index (Phi) is 3.88. The van der Waals surface area contributed by atoms with E-state index in [1.807, 2.05) is 39.1 Å². The van der Waals surface area contributed by atoms with Crippen LogP contribution in [-0.4, -0.2) is 25.5 Å². The van der Waals surface area contributed by atoms with Crippen molar-refractivity contribution in [2.75, 3.05) is 4.90 Å². The van der Waals surface area contributed by atoms with Gasteiger partial charge in [0.15, 0.2) is 5.13 Å². The first-order chi connectivity index (χ1) is 12.3. The summed E-state index contributed by atoms with van der Waals surface area (Å²) in [7, 11) is 0. The van der Waals surface area contributed by atoms with Gasteiger partial charge in [-0.05, 0) is 36.4 Å². The zero-order valence-electron chi connectivity index (χ0n) is 12.9. The summed E-state index contributed by atoms with van der Waals surface area (Å²) in [6, 6.07) is 12.7. The predicted octanol–water partition coefficient (Wildman–Crippen LogP) is 3.38. The van der Waals surface area contributed by atoms with Gasteiger partial charge < -0.3 is 0 Å². The number of carbonyl (C=O) groups excluding carboxylic acids is 1. The van der Waals surface area contributed by atoms with E-state index >= 15 is 0 Å². The van der Waals surface area contributed by atoms with Crippen LogP contribution < -0.4 is 10.4 Å². The predicted molar refractivity (Wildman–Crippen MR) is 94.8 cm³/mol. The first-order valence-corrected chi connectivity index (χ1v) is 8.32. The highest BCUT2D eigenvalue weighted by Gasteiger charge is 2.19. The number of nitrogens with zero attached hydrogens (tertiary/aromatic N) is 4. The van der Waals surface area contributed by atoms with Crippen LogP contribution >= 0.6 is 11.3 Å². The van der Waals surface area contributed by atoms with Crippen molar-refractivity contribution in [3.8, 4) is 0 Å². The standard InChI is InChI=1S/C17H13N5O2S/c23-16(20-24)12-4-6-13(7-5-12)22(17-18-8-10-25-17)15-11-19-14-3-1-2-9-21(14)15/h1-11,24H,(H,20,23). The summed E-state index contributed by atoms with van der Waals surface area (Å²) in [5.74, 6) is 0.284. The lowest BCUT2D eigenvalue weighted by Gasteiger charge is -2.21. The molecule has 4 rings (SSSR count). The van der Waals surface area contributed by atoms with E-state index in [-0.39, 0.29) is 0 Å². The Bertz CT molecular complexity index is 1010. The highest BCUT2D eigenvalue weighted by Crippen LogP contribution is 2.35. The number of thiazole rings is 1. The van der Waals surface area contributed by atoms with Crippen LogP contribution in [0.5, 0.6) is 0 Å². The zero-order chi connectivity index (χ0) is 17.2. The summed E-state index contributed by atoms with van der Waals surface area (Å²) in [5.41, 5.74) is 3.65. The van der Waals surface area contributed by atoms with Gasteiger partial charge in [-0.15, -0.1) is 11.3 Å². The normalized spacial score (nSPS) is 10.8. The average Bonchev–Trinajstić information content (AvgIpc) is 3.33. The molecular formula is C17H13N5O2S. The summed E-state index contributed by atoms with van der Waals surface area (Å²) in [6.45, 7) is 0. The highest BCUT2D eigenvalue weighted by atomic mass is 32.1. The number of fused-ring (bicyclic) bond motifs is 1. The summed E-state index contributed by atoms with van der Waals surface area (Å²) in [6.07, 6.45) is 5.46. The number of hydrogen-bond donors (Lipinski definition) is 2. The van der Waals surface area contributed by atoms with Gasteiger partial charge in [0.25, 0.3) is 5.91 Å². The van der Waals surface area contributed by atoms with Crippen LogP contribution in [0.15, 0.2) is 66.4 Å². The fourth-order valence-electron chi connectivity index (χ4n) is 2.58. The minimum absolute atomic E-state index is 0.364. The quantitative estimate of drug-likeness (QED) is 0.435. The second-order valence-electron chi connectivity index (χ2n) is 5.18. The topological polar surface area (TPSA) is 82.8 Å². The molecule has 0 bridgehead atoms. The monoisotopic (exact) mass is 351 g/mol. The third kappa shape index (κ3) is 2.73. The number of imidazole rings is 1. The molecule has 8 heteroatoms. The molecule has 3 aromatic heterocycles. The smallest absolute Gasteiger partial charge is 0.274 e. The van der Waals surface area contributed by atoms with Crippen molar-refractivity contribution in [1.82, 2.24) is 19.8 Å². The van der Waals surface area contributed by atoms with Crippen molar-refractivity contribution < 1.29 is 10.0 Å². The molecule has 0 aliphatic heterocycles. The average molecular weight is 351 g/mol. The molecule has 0 saturated carbocycles. The Morgan fingerprint density at radius 3 is 2.72 bits per heavy atom.